The molecule has 0 aliphatic heterocycles. The van der Waals surface area contributed by atoms with Crippen molar-refractivity contribution in [3.05, 3.63) is 51.9 Å². The fourth-order valence-electron chi connectivity index (χ4n) is 4.04. The lowest BCUT2D eigenvalue weighted by molar-refractivity contribution is -0.116. The average Bonchev–Trinajstić information content (AvgIpc) is 3.09. The fraction of sp³-hybridized carbons (Fsp3) is 0.500. The van der Waals surface area contributed by atoms with Crippen molar-refractivity contribution in [3.8, 4) is 0 Å². The Labute approximate surface area is 177 Å². The average molecular weight is 414 g/mol. The number of amides is 1. The van der Waals surface area contributed by atoms with Gasteiger partial charge < -0.3 is 10.1 Å². The van der Waals surface area contributed by atoms with Crippen LogP contribution in [0.4, 0.5) is 5.00 Å². The topological polar surface area (TPSA) is 55.4 Å². The zero-order valence-corrected chi connectivity index (χ0v) is 18.7. The molecule has 156 valence electrons. The Balaban J connectivity index is 1.78. The van der Waals surface area contributed by atoms with Gasteiger partial charge in [0.05, 0.1) is 12.7 Å². The Kier molecular flexibility index (Phi) is 6.78. The number of esters is 1. The van der Waals surface area contributed by atoms with Gasteiger partial charge in [-0.2, -0.15) is 0 Å². The zero-order valence-electron chi connectivity index (χ0n) is 17.8. The molecule has 1 aromatic carbocycles. The highest BCUT2D eigenvalue weighted by Gasteiger charge is 2.35. The largest absolute Gasteiger partial charge is 0.465 e. The third-order valence-corrected chi connectivity index (χ3v) is 7.58. The lowest BCUT2D eigenvalue weighted by Gasteiger charge is -2.36. The number of methoxy groups -OCH3 is 1. The SMILES string of the molecule is CCC(C)(C)C1CCc2c(sc(NC(=O)CCc3ccccc3)c2C(=O)OC)C1. The van der Waals surface area contributed by atoms with Crippen molar-refractivity contribution in [1.82, 2.24) is 0 Å². The summed E-state index contributed by atoms with van der Waals surface area (Å²) in [6, 6.07) is 9.96. The molecule has 0 fully saturated rings. The number of aryl methyl sites for hydroxylation is 1. The van der Waals surface area contributed by atoms with Crippen LogP contribution in [0, 0.1) is 11.3 Å². The summed E-state index contributed by atoms with van der Waals surface area (Å²) in [7, 11) is 1.40. The van der Waals surface area contributed by atoms with Crippen LogP contribution in [0.2, 0.25) is 0 Å². The normalized spacial score (nSPS) is 16.2. The summed E-state index contributed by atoms with van der Waals surface area (Å²) < 4.78 is 5.04. The second kappa shape index (κ2) is 9.12. The summed E-state index contributed by atoms with van der Waals surface area (Å²) >= 11 is 1.55. The summed E-state index contributed by atoms with van der Waals surface area (Å²) in [5.74, 6) is 0.169. The van der Waals surface area contributed by atoms with Crippen molar-refractivity contribution in [2.24, 2.45) is 11.3 Å². The van der Waals surface area contributed by atoms with Crippen LogP contribution in [0.15, 0.2) is 30.3 Å². The number of carbonyl (C=O) groups excluding carboxylic acids is 2. The van der Waals surface area contributed by atoms with Gasteiger partial charge in [-0.25, -0.2) is 4.79 Å². The molecule has 1 heterocycles. The fourth-order valence-corrected chi connectivity index (χ4v) is 5.37. The summed E-state index contributed by atoms with van der Waals surface area (Å²) in [5, 5.41) is 3.65. The molecule has 0 radical (unpaired) electrons. The van der Waals surface area contributed by atoms with Crippen molar-refractivity contribution >= 4 is 28.2 Å². The van der Waals surface area contributed by atoms with Gasteiger partial charge in [0.25, 0.3) is 0 Å². The smallest absolute Gasteiger partial charge is 0.341 e. The van der Waals surface area contributed by atoms with Crippen LogP contribution in [0.25, 0.3) is 0 Å². The molecule has 1 aliphatic rings. The van der Waals surface area contributed by atoms with E-state index in [0.717, 1.165) is 36.8 Å². The highest BCUT2D eigenvalue weighted by Crippen LogP contribution is 2.45. The Hall–Kier alpha value is -2.14. The zero-order chi connectivity index (χ0) is 21.0. The van der Waals surface area contributed by atoms with E-state index >= 15 is 0 Å². The van der Waals surface area contributed by atoms with Crippen LogP contribution in [0.5, 0.6) is 0 Å². The molecule has 0 bridgehead atoms. The summed E-state index contributed by atoms with van der Waals surface area (Å²) in [6.07, 6.45) is 5.09. The minimum Gasteiger partial charge on any atom is -0.465 e. The standard InChI is InChI=1S/C24H31NO3S/c1-5-24(2,3)17-12-13-18-19(15-17)29-22(21(18)23(27)28-4)25-20(26)14-11-16-9-7-6-8-10-16/h6-10,17H,5,11-15H2,1-4H3,(H,25,26). The quantitative estimate of drug-likeness (QED) is 0.597. The van der Waals surface area contributed by atoms with E-state index in [4.69, 9.17) is 4.74 Å². The van der Waals surface area contributed by atoms with E-state index in [9.17, 15) is 9.59 Å². The molecular formula is C24H31NO3S. The highest BCUT2D eigenvalue weighted by molar-refractivity contribution is 7.17. The number of benzene rings is 1. The lowest BCUT2D eigenvalue weighted by atomic mass is 9.69. The van der Waals surface area contributed by atoms with Crippen LogP contribution in [-0.2, 0) is 28.8 Å². The molecule has 0 saturated heterocycles. The molecular weight excluding hydrogens is 382 g/mol. The maximum absolute atomic E-state index is 12.6. The van der Waals surface area contributed by atoms with Crippen molar-refractivity contribution in [2.45, 2.75) is 59.3 Å². The maximum atomic E-state index is 12.6. The molecule has 29 heavy (non-hydrogen) atoms. The Morgan fingerprint density at radius 3 is 2.62 bits per heavy atom. The van der Waals surface area contributed by atoms with Gasteiger partial charge in [0.15, 0.2) is 0 Å². The number of ether oxygens (including phenoxy) is 1. The van der Waals surface area contributed by atoms with Crippen molar-refractivity contribution in [3.63, 3.8) is 0 Å². The molecule has 1 aromatic heterocycles. The number of nitrogens with one attached hydrogen (secondary N) is 1. The van der Waals surface area contributed by atoms with E-state index in [1.54, 1.807) is 11.3 Å². The molecule has 1 amide bonds. The lowest BCUT2D eigenvalue weighted by Crippen LogP contribution is -2.28. The summed E-state index contributed by atoms with van der Waals surface area (Å²) in [6.45, 7) is 6.88. The molecule has 1 unspecified atom stereocenters. The predicted octanol–water partition coefficient (Wildman–Crippen LogP) is 5.65. The number of fused-ring (bicyclic) bond motifs is 1. The summed E-state index contributed by atoms with van der Waals surface area (Å²) in [4.78, 5) is 26.3. The number of hydrogen-bond acceptors (Lipinski definition) is 4. The van der Waals surface area contributed by atoms with Gasteiger partial charge >= 0.3 is 5.97 Å². The van der Waals surface area contributed by atoms with Crippen LogP contribution >= 0.6 is 11.3 Å². The highest BCUT2D eigenvalue weighted by atomic mass is 32.1. The van der Waals surface area contributed by atoms with Gasteiger partial charge in [-0.3, -0.25) is 4.79 Å². The number of carbonyl (C=O) groups is 2. The van der Waals surface area contributed by atoms with Crippen molar-refractivity contribution in [2.75, 3.05) is 12.4 Å². The second-order valence-electron chi connectivity index (χ2n) is 8.52. The van der Waals surface area contributed by atoms with E-state index in [2.05, 4.69) is 26.1 Å². The van der Waals surface area contributed by atoms with E-state index in [1.165, 1.54) is 12.0 Å². The Morgan fingerprint density at radius 1 is 1.24 bits per heavy atom. The number of hydrogen-bond donors (Lipinski definition) is 1. The van der Waals surface area contributed by atoms with Crippen molar-refractivity contribution in [1.29, 1.82) is 0 Å². The minimum absolute atomic E-state index is 0.0666. The number of rotatable bonds is 7. The van der Waals surface area contributed by atoms with Crippen LogP contribution in [0.1, 0.15) is 66.4 Å². The van der Waals surface area contributed by atoms with Gasteiger partial charge in [-0.05, 0) is 48.1 Å². The summed E-state index contributed by atoms with van der Waals surface area (Å²) in [5.41, 5.74) is 3.04. The first-order chi connectivity index (χ1) is 13.9. The number of thiophene rings is 1. The first kappa shape index (κ1) is 21.6. The van der Waals surface area contributed by atoms with Gasteiger partial charge in [0.2, 0.25) is 5.91 Å². The number of anilines is 1. The van der Waals surface area contributed by atoms with Gasteiger partial charge in [-0.1, -0.05) is 57.5 Å². The van der Waals surface area contributed by atoms with E-state index < -0.39 is 0 Å². The molecule has 1 aliphatic carbocycles. The van der Waals surface area contributed by atoms with Crippen LogP contribution in [0.3, 0.4) is 0 Å². The molecule has 1 atom stereocenters. The Bertz CT molecular complexity index is 870. The van der Waals surface area contributed by atoms with Gasteiger partial charge in [0, 0.05) is 11.3 Å². The van der Waals surface area contributed by atoms with Crippen LogP contribution in [-0.4, -0.2) is 19.0 Å². The van der Waals surface area contributed by atoms with Gasteiger partial charge in [-0.15, -0.1) is 11.3 Å². The minimum atomic E-state index is -0.353. The van der Waals surface area contributed by atoms with Crippen LogP contribution < -0.4 is 5.32 Å². The van der Waals surface area contributed by atoms with Gasteiger partial charge in [0.1, 0.15) is 5.00 Å². The van der Waals surface area contributed by atoms with Crippen molar-refractivity contribution < 1.29 is 14.3 Å². The molecule has 4 nitrogen and oxygen atoms in total. The molecule has 0 spiro atoms. The molecule has 5 heteroatoms. The second-order valence-corrected chi connectivity index (χ2v) is 9.62. The third-order valence-electron chi connectivity index (χ3n) is 6.41. The molecule has 2 aromatic rings. The molecule has 0 saturated carbocycles. The third kappa shape index (κ3) is 4.89. The van der Waals surface area contributed by atoms with E-state index in [1.807, 2.05) is 30.3 Å². The van der Waals surface area contributed by atoms with E-state index in [0.29, 0.717) is 29.3 Å². The monoisotopic (exact) mass is 413 g/mol. The maximum Gasteiger partial charge on any atom is 0.341 e. The predicted molar refractivity (Wildman–Crippen MR) is 119 cm³/mol. The first-order valence-electron chi connectivity index (χ1n) is 10.4. The Morgan fingerprint density at radius 2 is 1.97 bits per heavy atom. The van der Waals surface area contributed by atoms with E-state index in [-0.39, 0.29) is 17.3 Å². The molecule has 1 N–H and O–H groups in total. The first-order valence-corrected chi connectivity index (χ1v) is 11.2. The molecule has 3 rings (SSSR count).